The Balaban J connectivity index is 1.71. The monoisotopic (exact) mass is 382 g/mol. The predicted molar refractivity (Wildman–Crippen MR) is 94.0 cm³/mol. The lowest BCUT2D eigenvalue weighted by atomic mass is 9.94. The molecule has 0 radical (unpaired) electrons. The van der Waals surface area contributed by atoms with Gasteiger partial charge in [-0.2, -0.15) is 0 Å². The fourth-order valence-corrected chi connectivity index (χ4v) is 4.95. The van der Waals surface area contributed by atoms with E-state index >= 15 is 0 Å². The van der Waals surface area contributed by atoms with E-state index in [0.29, 0.717) is 12.0 Å². The second-order valence-electron chi connectivity index (χ2n) is 5.86. The summed E-state index contributed by atoms with van der Waals surface area (Å²) in [5, 5.41) is 25.2. The summed E-state index contributed by atoms with van der Waals surface area (Å²) in [6, 6.07) is 1.77. The topological polar surface area (TPSA) is 107 Å². The predicted octanol–water partition coefficient (Wildman–Crippen LogP) is 0.798. The first-order valence-corrected chi connectivity index (χ1v) is 9.66. The van der Waals surface area contributed by atoms with Crippen LogP contribution in [0, 0.1) is 0 Å². The number of fused-ring (bicyclic) bond motifs is 1. The first kappa shape index (κ1) is 18.0. The lowest BCUT2D eigenvalue weighted by molar-refractivity contribution is -0.160. The summed E-state index contributed by atoms with van der Waals surface area (Å²) in [5.41, 5.74) is 0.313. The van der Waals surface area contributed by atoms with Crippen LogP contribution in [0.5, 0.6) is 0 Å². The van der Waals surface area contributed by atoms with Crippen molar-refractivity contribution in [3.63, 3.8) is 0 Å². The lowest BCUT2D eigenvalue weighted by Gasteiger charge is -2.51. The summed E-state index contributed by atoms with van der Waals surface area (Å²) in [4.78, 5) is 38.3. The molecule has 3 rings (SSSR count). The first-order valence-electron chi connectivity index (χ1n) is 7.84. The number of aliphatic hydroxyl groups excluding tert-OH is 1. The van der Waals surface area contributed by atoms with Gasteiger partial charge in [0.15, 0.2) is 6.04 Å². The normalized spacial score (nSPS) is 26.3. The molecule has 0 saturated carbocycles. The number of carboxylic acids is 1. The summed E-state index contributed by atoms with van der Waals surface area (Å²) in [5.74, 6) is -1.88. The maximum absolute atomic E-state index is 12.4. The quantitative estimate of drug-likeness (QED) is 0.628. The van der Waals surface area contributed by atoms with E-state index in [1.165, 1.54) is 28.0 Å². The van der Waals surface area contributed by atoms with E-state index in [4.69, 9.17) is 0 Å². The summed E-state index contributed by atoms with van der Waals surface area (Å²) in [6.07, 6.45) is -0.351. The van der Waals surface area contributed by atoms with Gasteiger partial charge in [0.1, 0.15) is 11.4 Å². The van der Waals surface area contributed by atoms with Gasteiger partial charge in [0, 0.05) is 4.88 Å². The largest absolute Gasteiger partial charge is 0.479 e. The summed E-state index contributed by atoms with van der Waals surface area (Å²) in [7, 11) is 0. The fraction of sp³-hybridized carbons (Fsp3) is 0.438. The number of carbonyl (C=O) groups is 3. The van der Waals surface area contributed by atoms with Gasteiger partial charge in [-0.15, -0.1) is 23.1 Å². The van der Waals surface area contributed by atoms with E-state index in [1.54, 1.807) is 12.3 Å². The van der Waals surface area contributed by atoms with Crippen LogP contribution >= 0.6 is 23.1 Å². The van der Waals surface area contributed by atoms with Crippen molar-refractivity contribution < 1.29 is 24.6 Å². The number of aliphatic hydroxyl groups is 1. The minimum atomic E-state index is -1.18. The molecule has 1 aromatic heterocycles. The van der Waals surface area contributed by atoms with E-state index in [0.717, 1.165) is 4.88 Å². The number of amides is 2. The molecular weight excluding hydrogens is 364 g/mol. The Bertz CT molecular complexity index is 718. The first-order chi connectivity index (χ1) is 11.9. The standard InChI is InChI=1S/C16H18N2O5S2/c1-2-10(19)9-7-25-15-12(14(21)18(15)13(9)16(22)23)17-11(20)6-8-4-3-5-24-8/h3-5,7,10,12-13,15,19H,2,6H2,1H3,(H,17,20)(H,22,23)/t10?,12?,13?,15-/m1/s1. The van der Waals surface area contributed by atoms with Gasteiger partial charge in [0.05, 0.1) is 12.5 Å². The van der Waals surface area contributed by atoms with Crippen LogP contribution in [0.15, 0.2) is 28.5 Å². The van der Waals surface area contributed by atoms with E-state index < -0.39 is 35.4 Å². The van der Waals surface area contributed by atoms with Crippen molar-refractivity contribution in [1.82, 2.24) is 10.2 Å². The molecule has 4 atom stereocenters. The molecule has 3 unspecified atom stereocenters. The molecule has 1 aromatic rings. The van der Waals surface area contributed by atoms with Crippen molar-refractivity contribution in [3.05, 3.63) is 33.4 Å². The third-order valence-electron chi connectivity index (χ3n) is 4.25. The molecular formula is C16H18N2O5S2. The van der Waals surface area contributed by atoms with Crippen LogP contribution in [0.1, 0.15) is 18.2 Å². The highest BCUT2D eigenvalue weighted by atomic mass is 32.2. The van der Waals surface area contributed by atoms with Crippen LogP contribution < -0.4 is 5.32 Å². The van der Waals surface area contributed by atoms with Crippen LogP contribution in [-0.2, 0) is 20.8 Å². The van der Waals surface area contributed by atoms with E-state index in [9.17, 15) is 24.6 Å². The van der Waals surface area contributed by atoms with Gasteiger partial charge in [-0.25, -0.2) is 4.79 Å². The Hall–Kier alpha value is -1.84. The Kier molecular flexibility index (Phi) is 5.16. The number of nitrogens with zero attached hydrogens (tertiary/aromatic N) is 1. The van der Waals surface area contributed by atoms with Crippen LogP contribution in [-0.4, -0.2) is 56.5 Å². The number of aliphatic carboxylic acids is 1. The zero-order chi connectivity index (χ0) is 18.1. The van der Waals surface area contributed by atoms with Gasteiger partial charge in [-0.05, 0) is 28.8 Å². The van der Waals surface area contributed by atoms with Crippen molar-refractivity contribution in [2.24, 2.45) is 0 Å². The number of carbonyl (C=O) groups excluding carboxylic acids is 2. The zero-order valence-electron chi connectivity index (χ0n) is 13.4. The molecule has 1 fully saturated rings. The smallest absolute Gasteiger partial charge is 0.330 e. The number of hydrogen-bond acceptors (Lipinski definition) is 6. The Morgan fingerprint density at radius 2 is 2.20 bits per heavy atom. The third-order valence-corrected chi connectivity index (χ3v) is 6.32. The van der Waals surface area contributed by atoms with Crippen molar-refractivity contribution in [3.8, 4) is 0 Å². The molecule has 25 heavy (non-hydrogen) atoms. The SMILES string of the molecule is CCC(O)C1=CS[C@@H]2C(NC(=O)Cc3cccs3)C(=O)N2C1C(=O)O. The maximum atomic E-state index is 12.4. The molecule has 2 amide bonds. The lowest BCUT2D eigenvalue weighted by Crippen LogP contribution is -2.74. The van der Waals surface area contributed by atoms with Crippen LogP contribution in [0.25, 0.3) is 0 Å². The minimum Gasteiger partial charge on any atom is -0.479 e. The molecule has 9 heteroatoms. The average molecular weight is 382 g/mol. The summed E-state index contributed by atoms with van der Waals surface area (Å²) >= 11 is 2.72. The van der Waals surface area contributed by atoms with Gasteiger partial charge in [0.25, 0.3) is 0 Å². The molecule has 2 aliphatic rings. The average Bonchev–Trinajstić information content (AvgIpc) is 3.10. The molecule has 0 spiro atoms. The highest BCUT2D eigenvalue weighted by Crippen LogP contribution is 2.41. The number of nitrogens with one attached hydrogen (secondary N) is 1. The van der Waals surface area contributed by atoms with Gasteiger partial charge >= 0.3 is 5.97 Å². The second-order valence-corrected chi connectivity index (χ2v) is 7.88. The fourth-order valence-electron chi connectivity index (χ4n) is 2.97. The van der Waals surface area contributed by atoms with Crippen LogP contribution in [0.4, 0.5) is 0 Å². The molecule has 2 aliphatic heterocycles. The van der Waals surface area contributed by atoms with Crippen LogP contribution in [0.2, 0.25) is 0 Å². The maximum Gasteiger partial charge on any atom is 0.330 e. The van der Waals surface area contributed by atoms with Gasteiger partial charge in [-0.1, -0.05) is 13.0 Å². The molecule has 3 heterocycles. The molecule has 0 aliphatic carbocycles. The number of thioether (sulfide) groups is 1. The van der Waals surface area contributed by atoms with Gasteiger partial charge in [0.2, 0.25) is 11.8 Å². The Morgan fingerprint density at radius 1 is 1.44 bits per heavy atom. The highest BCUT2D eigenvalue weighted by Gasteiger charge is 2.56. The van der Waals surface area contributed by atoms with Crippen molar-refractivity contribution in [2.75, 3.05) is 0 Å². The number of thiophene rings is 1. The molecule has 0 aromatic carbocycles. The number of rotatable bonds is 6. The van der Waals surface area contributed by atoms with E-state index in [2.05, 4.69) is 5.32 Å². The molecule has 0 bridgehead atoms. The number of β-lactam (4-membered cyclic amide) rings is 1. The van der Waals surface area contributed by atoms with Crippen molar-refractivity contribution >= 4 is 40.9 Å². The second kappa shape index (κ2) is 7.19. The summed E-state index contributed by atoms with van der Waals surface area (Å²) in [6.45, 7) is 1.74. The third kappa shape index (κ3) is 3.31. The van der Waals surface area contributed by atoms with Gasteiger partial charge < -0.3 is 20.4 Å². The van der Waals surface area contributed by atoms with Gasteiger partial charge in [-0.3, -0.25) is 9.59 Å². The van der Waals surface area contributed by atoms with Crippen molar-refractivity contribution in [1.29, 1.82) is 0 Å². The number of carboxylic acid groups (broad SMARTS) is 1. The minimum absolute atomic E-state index is 0.191. The molecule has 134 valence electrons. The van der Waals surface area contributed by atoms with Crippen LogP contribution in [0.3, 0.4) is 0 Å². The Labute approximate surface area is 152 Å². The van der Waals surface area contributed by atoms with Crippen molar-refractivity contribution in [2.45, 2.75) is 43.3 Å². The van der Waals surface area contributed by atoms with E-state index in [-0.39, 0.29) is 12.3 Å². The molecule has 7 nitrogen and oxygen atoms in total. The molecule has 3 N–H and O–H groups in total. The van der Waals surface area contributed by atoms with E-state index in [1.807, 2.05) is 17.5 Å². The zero-order valence-corrected chi connectivity index (χ0v) is 15.0. The highest BCUT2D eigenvalue weighted by molar-refractivity contribution is 8.03. The Morgan fingerprint density at radius 3 is 2.80 bits per heavy atom. The summed E-state index contributed by atoms with van der Waals surface area (Å²) < 4.78 is 0. The molecule has 1 saturated heterocycles. The number of hydrogen-bond donors (Lipinski definition) is 3.